The molecule has 1 amide bonds. The van der Waals surface area contributed by atoms with Gasteiger partial charge in [-0.1, -0.05) is 24.2 Å². The van der Waals surface area contributed by atoms with Crippen molar-refractivity contribution in [3.8, 4) is 11.5 Å². The first kappa shape index (κ1) is 13.5. The summed E-state index contributed by atoms with van der Waals surface area (Å²) in [7, 11) is 0. The largest absolute Gasteiger partial charge is 0.334 e. The Morgan fingerprint density at radius 2 is 2.24 bits per heavy atom. The predicted octanol–water partition coefficient (Wildman–Crippen LogP) is 3.61. The highest BCUT2D eigenvalue weighted by Gasteiger charge is 2.10. The molecule has 0 saturated heterocycles. The van der Waals surface area contributed by atoms with E-state index in [1.54, 1.807) is 6.07 Å². The van der Waals surface area contributed by atoms with Crippen LogP contribution in [0.25, 0.3) is 11.5 Å². The van der Waals surface area contributed by atoms with Crippen LogP contribution < -0.4 is 5.32 Å². The van der Waals surface area contributed by atoms with Crippen LogP contribution in [-0.2, 0) is 6.42 Å². The molecular formula is C15H13N3O2S. The van der Waals surface area contributed by atoms with Gasteiger partial charge in [-0.3, -0.25) is 4.79 Å². The smallest absolute Gasteiger partial charge is 0.265 e. The van der Waals surface area contributed by atoms with Crippen LogP contribution in [0.15, 0.2) is 46.3 Å². The van der Waals surface area contributed by atoms with E-state index in [2.05, 4.69) is 15.5 Å². The fraction of sp³-hybridized carbons (Fsp3) is 0.133. The quantitative estimate of drug-likeness (QED) is 0.799. The van der Waals surface area contributed by atoms with Crippen LogP contribution in [0.5, 0.6) is 0 Å². The molecule has 1 N–H and O–H groups in total. The summed E-state index contributed by atoms with van der Waals surface area (Å²) in [6, 6.07) is 11.0. The fourth-order valence-corrected chi connectivity index (χ4v) is 2.46. The molecular weight excluding hydrogens is 286 g/mol. The summed E-state index contributed by atoms with van der Waals surface area (Å²) in [5.41, 5.74) is 1.48. The molecule has 0 saturated carbocycles. The van der Waals surface area contributed by atoms with Crippen molar-refractivity contribution in [2.45, 2.75) is 13.3 Å². The van der Waals surface area contributed by atoms with Crippen molar-refractivity contribution in [2.75, 3.05) is 5.32 Å². The van der Waals surface area contributed by atoms with Crippen molar-refractivity contribution in [1.82, 2.24) is 10.1 Å². The van der Waals surface area contributed by atoms with E-state index in [0.717, 1.165) is 12.0 Å². The second-order valence-electron chi connectivity index (χ2n) is 4.38. The summed E-state index contributed by atoms with van der Waals surface area (Å²) in [6.07, 6.45) is 0.721. The van der Waals surface area contributed by atoms with Crippen LogP contribution in [0.3, 0.4) is 0 Å². The second kappa shape index (κ2) is 5.88. The Kier molecular flexibility index (Phi) is 3.79. The average molecular weight is 299 g/mol. The normalized spacial score (nSPS) is 10.5. The minimum absolute atomic E-state index is 0.123. The van der Waals surface area contributed by atoms with Crippen LogP contribution in [0.2, 0.25) is 0 Å². The van der Waals surface area contributed by atoms with E-state index in [9.17, 15) is 4.79 Å². The van der Waals surface area contributed by atoms with E-state index in [1.807, 2.05) is 42.6 Å². The van der Waals surface area contributed by atoms with Gasteiger partial charge < -0.3 is 9.84 Å². The van der Waals surface area contributed by atoms with Gasteiger partial charge in [-0.25, -0.2) is 0 Å². The van der Waals surface area contributed by atoms with E-state index in [4.69, 9.17) is 4.52 Å². The summed E-state index contributed by atoms with van der Waals surface area (Å²) >= 11 is 1.40. The molecule has 0 bridgehead atoms. The topological polar surface area (TPSA) is 68.0 Å². The first-order valence-electron chi connectivity index (χ1n) is 6.54. The summed E-state index contributed by atoms with van der Waals surface area (Å²) in [5.74, 6) is 0.999. The lowest BCUT2D eigenvalue weighted by molar-refractivity contribution is 0.103. The number of hydrogen-bond acceptors (Lipinski definition) is 5. The van der Waals surface area contributed by atoms with Crippen molar-refractivity contribution in [3.63, 3.8) is 0 Å². The summed E-state index contributed by atoms with van der Waals surface area (Å²) in [4.78, 5) is 17.0. The summed E-state index contributed by atoms with van der Waals surface area (Å²) < 4.78 is 5.20. The lowest BCUT2D eigenvalue weighted by Gasteiger charge is -2.04. The minimum atomic E-state index is -0.123. The summed E-state index contributed by atoms with van der Waals surface area (Å²) in [6.45, 7) is 1.96. The highest BCUT2D eigenvalue weighted by molar-refractivity contribution is 7.12. The number of rotatable bonds is 4. The van der Waals surface area contributed by atoms with Gasteiger partial charge in [-0.15, -0.1) is 11.3 Å². The van der Waals surface area contributed by atoms with Gasteiger partial charge in [0, 0.05) is 17.7 Å². The Hall–Kier alpha value is -2.47. The van der Waals surface area contributed by atoms with Crippen molar-refractivity contribution < 1.29 is 9.32 Å². The van der Waals surface area contributed by atoms with Crippen molar-refractivity contribution in [2.24, 2.45) is 0 Å². The highest BCUT2D eigenvalue weighted by atomic mass is 32.1. The maximum absolute atomic E-state index is 12.0. The number of aryl methyl sites for hydroxylation is 1. The molecule has 0 fully saturated rings. The molecule has 1 aromatic carbocycles. The number of thiophene rings is 1. The molecule has 0 radical (unpaired) electrons. The Morgan fingerprint density at radius 3 is 2.95 bits per heavy atom. The number of carbonyl (C=O) groups excluding carboxylic acids is 1. The lowest BCUT2D eigenvalue weighted by Crippen LogP contribution is -2.09. The van der Waals surface area contributed by atoms with Crippen molar-refractivity contribution >= 4 is 22.9 Å². The van der Waals surface area contributed by atoms with Crippen molar-refractivity contribution in [1.29, 1.82) is 0 Å². The standard InChI is InChI=1S/C15H13N3O2S/c1-2-13-17-15(20-18-13)10-5-3-6-11(9-10)16-14(19)12-7-4-8-21-12/h3-9H,2H2,1H3,(H,16,19). The van der Waals surface area contributed by atoms with E-state index >= 15 is 0 Å². The van der Waals surface area contributed by atoms with Crippen LogP contribution in [-0.4, -0.2) is 16.0 Å². The van der Waals surface area contributed by atoms with E-state index in [-0.39, 0.29) is 5.91 Å². The van der Waals surface area contributed by atoms with Crippen LogP contribution in [0.1, 0.15) is 22.4 Å². The number of carbonyl (C=O) groups is 1. The average Bonchev–Trinajstić information content (AvgIpc) is 3.19. The van der Waals surface area contributed by atoms with Gasteiger partial charge in [0.2, 0.25) is 0 Å². The van der Waals surface area contributed by atoms with Gasteiger partial charge in [-0.05, 0) is 29.6 Å². The second-order valence-corrected chi connectivity index (χ2v) is 5.33. The van der Waals surface area contributed by atoms with Crippen LogP contribution in [0.4, 0.5) is 5.69 Å². The van der Waals surface area contributed by atoms with Crippen molar-refractivity contribution in [3.05, 3.63) is 52.5 Å². The predicted molar refractivity (Wildman–Crippen MR) is 81.4 cm³/mol. The maximum Gasteiger partial charge on any atom is 0.265 e. The minimum Gasteiger partial charge on any atom is -0.334 e. The molecule has 0 unspecified atom stereocenters. The molecule has 106 valence electrons. The third-order valence-electron chi connectivity index (χ3n) is 2.90. The molecule has 0 spiro atoms. The fourth-order valence-electron chi connectivity index (χ4n) is 1.85. The first-order valence-corrected chi connectivity index (χ1v) is 7.42. The molecule has 0 aliphatic rings. The SMILES string of the molecule is CCc1noc(-c2cccc(NC(=O)c3cccs3)c2)n1. The van der Waals surface area contributed by atoms with Gasteiger partial charge in [0.15, 0.2) is 5.82 Å². The number of aromatic nitrogens is 2. The van der Waals surface area contributed by atoms with E-state index < -0.39 is 0 Å². The molecule has 0 atom stereocenters. The van der Waals surface area contributed by atoms with E-state index in [1.165, 1.54) is 11.3 Å². The lowest BCUT2D eigenvalue weighted by atomic mass is 10.2. The Labute approximate surface area is 125 Å². The molecule has 5 nitrogen and oxygen atoms in total. The molecule has 6 heteroatoms. The number of anilines is 1. The number of nitrogens with zero attached hydrogens (tertiary/aromatic N) is 2. The first-order chi connectivity index (χ1) is 10.3. The highest BCUT2D eigenvalue weighted by Crippen LogP contribution is 2.22. The number of benzene rings is 1. The molecule has 0 aliphatic heterocycles. The third-order valence-corrected chi connectivity index (χ3v) is 3.77. The molecule has 0 aliphatic carbocycles. The number of hydrogen-bond donors (Lipinski definition) is 1. The third kappa shape index (κ3) is 3.00. The van der Waals surface area contributed by atoms with E-state index in [0.29, 0.717) is 22.3 Å². The van der Waals surface area contributed by atoms with Gasteiger partial charge in [-0.2, -0.15) is 4.98 Å². The monoisotopic (exact) mass is 299 g/mol. The Morgan fingerprint density at radius 1 is 1.33 bits per heavy atom. The zero-order chi connectivity index (χ0) is 14.7. The summed E-state index contributed by atoms with van der Waals surface area (Å²) in [5, 5.41) is 8.60. The maximum atomic E-state index is 12.0. The molecule has 2 aromatic heterocycles. The zero-order valence-electron chi connectivity index (χ0n) is 11.4. The Balaban J connectivity index is 1.81. The zero-order valence-corrected chi connectivity index (χ0v) is 12.2. The van der Waals surface area contributed by atoms with Gasteiger partial charge >= 0.3 is 0 Å². The van der Waals surface area contributed by atoms with Gasteiger partial charge in [0.25, 0.3) is 11.8 Å². The number of nitrogens with one attached hydrogen (secondary N) is 1. The van der Waals surface area contributed by atoms with Gasteiger partial charge in [0.05, 0.1) is 4.88 Å². The molecule has 3 aromatic rings. The molecule has 21 heavy (non-hydrogen) atoms. The van der Waals surface area contributed by atoms with Crippen LogP contribution in [0, 0.1) is 0 Å². The molecule has 3 rings (SSSR count). The Bertz CT molecular complexity index is 750. The molecule has 2 heterocycles. The van der Waals surface area contributed by atoms with Gasteiger partial charge in [0.1, 0.15) is 0 Å². The van der Waals surface area contributed by atoms with Crippen LogP contribution >= 0.6 is 11.3 Å². The number of amides is 1.